The summed E-state index contributed by atoms with van der Waals surface area (Å²) in [5, 5.41) is 0.797. The predicted molar refractivity (Wildman–Crippen MR) is 111 cm³/mol. The van der Waals surface area contributed by atoms with Crippen molar-refractivity contribution in [2.75, 3.05) is 0 Å². The molecule has 0 saturated carbocycles. The third-order valence-electron chi connectivity index (χ3n) is 5.81. The molecule has 0 fully saturated rings. The van der Waals surface area contributed by atoms with Gasteiger partial charge in [-0.3, -0.25) is 4.79 Å². The van der Waals surface area contributed by atoms with Gasteiger partial charge < -0.3 is 8.83 Å². The van der Waals surface area contributed by atoms with Gasteiger partial charge in [0.05, 0.1) is 18.2 Å². The van der Waals surface area contributed by atoms with Crippen LogP contribution in [0.1, 0.15) is 29.2 Å². The van der Waals surface area contributed by atoms with Crippen molar-refractivity contribution in [2.45, 2.75) is 19.4 Å². The fourth-order valence-electron chi connectivity index (χ4n) is 4.58. The molecule has 2 aliphatic rings. The van der Waals surface area contributed by atoms with Crippen molar-refractivity contribution in [1.29, 1.82) is 0 Å². The van der Waals surface area contributed by atoms with E-state index < -0.39 is 0 Å². The number of furan rings is 2. The molecular weight excluding hydrogens is 380 g/mol. The number of carbonyl (C=O) groups excluding carboxylic acids is 1. The quantitative estimate of drug-likeness (QED) is 0.388. The van der Waals surface area contributed by atoms with Gasteiger partial charge in [-0.1, -0.05) is 36.4 Å². The summed E-state index contributed by atoms with van der Waals surface area (Å²) in [6.07, 6.45) is 9.30. The number of hydrogen-bond donors (Lipinski definition) is 0. The average molecular weight is 397 g/mol. The minimum atomic E-state index is -0.225. The Labute approximate surface area is 170 Å². The van der Waals surface area contributed by atoms with Gasteiger partial charge in [0, 0.05) is 5.57 Å². The molecule has 0 bridgehead atoms. The van der Waals surface area contributed by atoms with Gasteiger partial charge in [-0.2, -0.15) is 9.13 Å². The average Bonchev–Trinajstić information content (AvgIpc) is 3.50. The van der Waals surface area contributed by atoms with Gasteiger partial charge in [0.2, 0.25) is 0 Å². The minimum absolute atomic E-state index is 0.191. The molecule has 146 valence electrons. The first-order valence-corrected chi connectivity index (χ1v) is 9.88. The maximum atomic E-state index is 13.6. The molecule has 0 spiro atoms. The normalized spacial score (nSPS) is 17.2. The van der Waals surface area contributed by atoms with Crippen molar-refractivity contribution in [3.8, 4) is 0 Å². The fourth-order valence-corrected chi connectivity index (χ4v) is 4.58. The molecule has 1 unspecified atom stereocenters. The molecule has 30 heavy (non-hydrogen) atoms. The van der Waals surface area contributed by atoms with Crippen LogP contribution >= 0.6 is 0 Å². The number of hydrogen-bond acceptors (Lipinski definition) is 4. The maximum Gasteiger partial charge on any atom is 0.381 e. The van der Waals surface area contributed by atoms with Crippen LogP contribution < -0.4 is 10.1 Å². The predicted octanol–water partition coefficient (Wildman–Crippen LogP) is 3.97. The Morgan fingerprint density at radius 2 is 2.03 bits per heavy atom. The van der Waals surface area contributed by atoms with E-state index in [1.807, 2.05) is 60.1 Å². The number of rotatable bonds is 3. The second-order valence-corrected chi connectivity index (χ2v) is 7.35. The molecule has 0 N–H and O–H groups in total. The van der Waals surface area contributed by atoms with Crippen LogP contribution in [0.5, 0.6) is 0 Å². The van der Waals surface area contributed by atoms with Crippen molar-refractivity contribution in [2.24, 2.45) is 0 Å². The summed E-state index contributed by atoms with van der Waals surface area (Å²) in [5.74, 6) is 0.591. The van der Waals surface area contributed by atoms with Crippen LogP contribution in [-0.2, 0) is 6.54 Å². The van der Waals surface area contributed by atoms with E-state index in [2.05, 4.69) is 0 Å². The van der Waals surface area contributed by atoms with Crippen LogP contribution in [0, 0.1) is 0 Å². The molecule has 6 nitrogen and oxygen atoms in total. The van der Waals surface area contributed by atoms with Gasteiger partial charge in [0.25, 0.3) is 17.2 Å². The van der Waals surface area contributed by atoms with E-state index in [9.17, 15) is 9.59 Å². The molecule has 4 aromatic rings. The third kappa shape index (κ3) is 2.05. The van der Waals surface area contributed by atoms with E-state index in [-0.39, 0.29) is 28.6 Å². The molecule has 0 amide bonds. The van der Waals surface area contributed by atoms with E-state index in [0.29, 0.717) is 23.3 Å². The highest BCUT2D eigenvalue weighted by molar-refractivity contribution is 6.22. The van der Waals surface area contributed by atoms with Crippen molar-refractivity contribution in [3.63, 3.8) is 0 Å². The van der Waals surface area contributed by atoms with E-state index in [1.54, 1.807) is 16.7 Å². The molecule has 6 heteroatoms. The van der Waals surface area contributed by atoms with Crippen LogP contribution in [0.3, 0.4) is 0 Å². The number of Topliss-reactive ketones (excluding diaryl/α,β-unsaturated/α-hetero) is 1. The molecule has 1 aliphatic heterocycles. The maximum absolute atomic E-state index is 13.6. The van der Waals surface area contributed by atoms with Crippen LogP contribution in [-0.4, -0.2) is 10.4 Å². The lowest BCUT2D eigenvalue weighted by molar-refractivity contribution is -0.557. The van der Waals surface area contributed by atoms with Gasteiger partial charge in [0.1, 0.15) is 11.5 Å². The first-order chi connectivity index (χ1) is 14.7. The number of benzene rings is 1. The van der Waals surface area contributed by atoms with E-state index in [1.165, 1.54) is 6.26 Å². The SMILES string of the molecule is CCn1c2[n+](c3c(oc4ccccc43)c1=O)C(C(=O)c1ccco1)=C1C=CC=CC12. The van der Waals surface area contributed by atoms with Crippen molar-refractivity contribution < 1.29 is 18.2 Å². The summed E-state index contributed by atoms with van der Waals surface area (Å²) in [6.45, 7) is 2.38. The van der Waals surface area contributed by atoms with Crippen LogP contribution in [0.2, 0.25) is 0 Å². The lowest BCUT2D eigenvalue weighted by Crippen LogP contribution is -2.45. The molecule has 4 heterocycles. The monoisotopic (exact) mass is 397 g/mol. The highest BCUT2D eigenvalue weighted by atomic mass is 16.3. The zero-order valence-corrected chi connectivity index (χ0v) is 16.2. The van der Waals surface area contributed by atoms with Gasteiger partial charge in [-0.05, 0) is 31.2 Å². The van der Waals surface area contributed by atoms with Crippen LogP contribution in [0.15, 0.2) is 86.2 Å². The lowest BCUT2D eigenvalue weighted by Gasteiger charge is -2.10. The molecule has 1 atom stereocenters. The number of carbonyl (C=O) groups is 1. The number of aromatic nitrogens is 2. The number of allylic oxidation sites excluding steroid dienone is 6. The summed E-state index contributed by atoms with van der Waals surface area (Å²) in [5.41, 5.74) is 2.63. The Kier molecular flexibility index (Phi) is 3.41. The minimum Gasteiger partial charge on any atom is -0.461 e. The number of nitrogens with zero attached hydrogens (tertiary/aromatic N) is 2. The summed E-state index contributed by atoms with van der Waals surface area (Å²) in [6, 6.07) is 10.9. The number of para-hydroxylation sites is 1. The molecule has 6 rings (SSSR count). The number of ketones is 1. The number of fused-ring (bicyclic) bond motifs is 7. The second kappa shape index (κ2) is 6.03. The first kappa shape index (κ1) is 17.0. The van der Waals surface area contributed by atoms with E-state index in [0.717, 1.165) is 16.8 Å². The van der Waals surface area contributed by atoms with Crippen molar-refractivity contribution in [1.82, 2.24) is 4.57 Å². The summed E-state index contributed by atoms with van der Waals surface area (Å²) >= 11 is 0. The zero-order valence-electron chi connectivity index (χ0n) is 16.2. The molecule has 0 saturated heterocycles. The van der Waals surface area contributed by atoms with Gasteiger partial charge in [-0.15, -0.1) is 0 Å². The smallest absolute Gasteiger partial charge is 0.381 e. The Morgan fingerprint density at radius 1 is 1.17 bits per heavy atom. The third-order valence-corrected chi connectivity index (χ3v) is 5.81. The fraction of sp³-hybridized carbons (Fsp3) is 0.125. The van der Waals surface area contributed by atoms with Crippen LogP contribution in [0.25, 0.3) is 27.8 Å². The Balaban J connectivity index is 1.83. The topological polar surface area (TPSA) is 69.2 Å². The Hall–Kier alpha value is -3.93. The molecule has 1 aliphatic carbocycles. The standard InChI is InChI=1S/C24H17N2O4/c1-2-25-23-15-9-4-3-8-14(15)19(21(27)18-12-7-13-29-18)26(23)20-16-10-5-6-11-17(16)30-22(20)24(25)28/h3-13,15H,2H2,1H3/q+1. The summed E-state index contributed by atoms with van der Waals surface area (Å²) in [7, 11) is 0. The van der Waals surface area contributed by atoms with Crippen LogP contribution in [0.4, 0.5) is 0 Å². The Bertz CT molecular complexity index is 1510. The van der Waals surface area contributed by atoms with Gasteiger partial charge >= 0.3 is 5.56 Å². The second-order valence-electron chi connectivity index (χ2n) is 7.35. The van der Waals surface area contributed by atoms with Crippen molar-refractivity contribution >= 4 is 33.5 Å². The summed E-state index contributed by atoms with van der Waals surface area (Å²) in [4.78, 5) is 26.9. The molecule has 3 aromatic heterocycles. The van der Waals surface area contributed by atoms with Gasteiger partial charge in [-0.25, -0.2) is 4.79 Å². The zero-order chi connectivity index (χ0) is 20.4. The van der Waals surface area contributed by atoms with Gasteiger partial charge in [0.15, 0.2) is 17.0 Å². The van der Waals surface area contributed by atoms with E-state index in [4.69, 9.17) is 8.83 Å². The first-order valence-electron chi connectivity index (χ1n) is 9.88. The molecule has 0 radical (unpaired) electrons. The summed E-state index contributed by atoms with van der Waals surface area (Å²) < 4.78 is 15.0. The van der Waals surface area contributed by atoms with Crippen molar-refractivity contribution in [3.05, 3.63) is 94.5 Å². The lowest BCUT2D eigenvalue weighted by atomic mass is 9.93. The Morgan fingerprint density at radius 3 is 2.83 bits per heavy atom. The molecular formula is C24H17N2O4+. The highest BCUT2D eigenvalue weighted by Crippen LogP contribution is 2.39. The largest absolute Gasteiger partial charge is 0.461 e. The highest BCUT2D eigenvalue weighted by Gasteiger charge is 2.45. The van der Waals surface area contributed by atoms with E-state index >= 15 is 0 Å². The molecule has 1 aromatic carbocycles.